The number of hydrogen-bond acceptors (Lipinski definition) is 4. The molecule has 1 atom stereocenters. The van der Waals surface area contributed by atoms with Crippen LogP contribution in [0.25, 0.3) is 0 Å². The summed E-state index contributed by atoms with van der Waals surface area (Å²) in [7, 11) is 0. The fourth-order valence-corrected chi connectivity index (χ4v) is 4.66. The first-order valence-corrected chi connectivity index (χ1v) is 9.10. The highest BCUT2D eigenvalue weighted by molar-refractivity contribution is 6.07. The van der Waals surface area contributed by atoms with Crippen LogP contribution < -0.4 is 5.32 Å². The van der Waals surface area contributed by atoms with Gasteiger partial charge in [-0.2, -0.15) is 0 Å². The second-order valence-corrected chi connectivity index (χ2v) is 7.59. The Kier molecular flexibility index (Phi) is 3.98. The van der Waals surface area contributed by atoms with Crippen molar-refractivity contribution in [2.45, 2.75) is 56.5 Å². The van der Waals surface area contributed by atoms with Gasteiger partial charge >= 0.3 is 6.03 Å². The molecule has 4 fully saturated rings. The molecule has 1 N–H and O–H groups in total. The summed E-state index contributed by atoms with van der Waals surface area (Å²) in [6.45, 7) is 2.02. The quantitative estimate of drug-likeness (QED) is 0.777. The SMILES string of the molecule is O=C1NC2(CCOCC2)C(=O)N1CC1CC(=O)N(C2CCCC2)C1. The van der Waals surface area contributed by atoms with Gasteiger partial charge in [0.05, 0.1) is 0 Å². The van der Waals surface area contributed by atoms with E-state index < -0.39 is 5.54 Å². The van der Waals surface area contributed by atoms with Gasteiger partial charge in [-0.3, -0.25) is 14.5 Å². The minimum atomic E-state index is -0.775. The van der Waals surface area contributed by atoms with Gasteiger partial charge in [-0.15, -0.1) is 0 Å². The van der Waals surface area contributed by atoms with E-state index in [4.69, 9.17) is 4.74 Å². The number of carbonyl (C=O) groups is 3. The van der Waals surface area contributed by atoms with E-state index in [1.807, 2.05) is 4.90 Å². The molecule has 1 saturated carbocycles. The topological polar surface area (TPSA) is 79.0 Å². The normalized spacial score (nSPS) is 30.7. The smallest absolute Gasteiger partial charge is 0.325 e. The summed E-state index contributed by atoms with van der Waals surface area (Å²) < 4.78 is 5.32. The van der Waals surface area contributed by atoms with Gasteiger partial charge in [0.15, 0.2) is 0 Å². The molecule has 132 valence electrons. The van der Waals surface area contributed by atoms with Crippen LogP contribution in [0.2, 0.25) is 0 Å². The number of nitrogens with one attached hydrogen (secondary N) is 1. The minimum Gasteiger partial charge on any atom is -0.381 e. The maximum absolute atomic E-state index is 12.8. The van der Waals surface area contributed by atoms with E-state index in [-0.39, 0.29) is 23.8 Å². The largest absolute Gasteiger partial charge is 0.381 e. The molecule has 4 rings (SSSR count). The Morgan fingerprint density at radius 2 is 1.83 bits per heavy atom. The lowest BCUT2D eigenvalue weighted by molar-refractivity contribution is -0.135. The average molecular weight is 335 g/mol. The Morgan fingerprint density at radius 1 is 1.12 bits per heavy atom. The van der Waals surface area contributed by atoms with Crippen molar-refractivity contribution in [3.8, 4) is 0 Å². The summed E-state index contributed by atoms with van der Waals surface area (Å²) in [6, 6.07) is 0.0566. The molecule has 4 amide bonds. The minimum absolute atomic E-state index is 0.0581. The molecule has 0 aromatic carbocycles. The molecule has 3 saturated heterocycles. The van der Waals surface area contributed by atoms with E-state index in [1.165, 1.54) is 17.7 Å². The second-order valence-electron chi connectivity index (χ2n) is 7.59. The van der Waals surface area contributed by atoms with Crippen LogP contribution in [0, 0.1) is 5.92 Å². The second kappa shape index (κ2) is 6.02. The van der Waals surface area contributed by atoms with Gasteiger partial charge < -0.3 is 15.0 Å². The lowest BCUT2D eigenvalue weighted by atomic mass is 9.90. The third kappa shape index (κ3) is 2.59. The zero-order valence-corrected chi connectivity index (χ0v) is 14.0. The summed E-state index contributed by atoms with van der Waals surface area (Å²) >= 11 is 0. The van der Waals surface area contributed by atoms with Crippen LogP contribution in [0.3, 0.4) is 0 Å². The van der Waals surface area contributed by atoms with Crippen molar-refractivity contribution < 1.29 is 19.1 Å². The summed E-state index contributed by atoms with van der Waals surface area (Å²) in [5, 5.41) is 2.88. The molecule has 0 aromatic rings. The van der Waals surface area contributed by atoms with E-state index in [0.29, 0.717) is 51.6 Å². The van der Waals surface area contributed by atoms with E-state index in [0.717, 1.165) is 12.8 Å². The van der Waals surface area contributed by atoms with Gasteiger partial charge in [-0.05, 0) is 12.8 Å². The Bertz CT molecular complexity index is 552. The molecular formula is C17H25N3O4. The summed E-state index contributed by atoms with van der Waals surface area (Å²) in [5.41, 5.74) is -0.775. The van der Waals surface area contributed by atoms with Crippen LogP contribution in [0.4, 0.5) is 4.79 Å². The van der Waals surface area contributed by atoms with E-state index in [1.54, 1.807) is 0 Å². The average Bonchev–Trinajstić information content (AvgIpc) is 3.26. The van der Waals surface area contributed by atoms with Crippen molar-refractivity contribution in [2.75, 3.05) is 26.3 Å². The molecule has 1 spiro atoms. The zero-order chi connectivity index (χ0) is 16.7. The third-order valence-electron chi connectivity index (χ3n) is 6.04. The van der Waals surface area contributed by atoms with Gasteiger partial charge in [0.2, 0.25) is 5.91 Å². The van der Waals surface area contributed by atoms with Crippen LogP contribution in [0.5, 0.6) is 0 Å². The van der Waals surface area contributed by atoms with Crippen LogP contribution in [-0.4, -0.2) is 65.5 Å². The maximum Gasteiger partial charge on any atom is 0.325 e. The highest BCUT2D eigenvalue weighted by atomic mass is 16.5. The van der Waals surface area contributed by atoms with E-state index in [9.17, 15) is 14.4 Å². The molecule has 3 aliphatic heterocycles. The van der Waals surface area contributed by atoms with Crippen molar-refractivity contribution in [3.05, 3.63) is 0 Å². The molecule has 0 aromatic heterocycles. The third-order valence-corrected chi connectivity index (χ3v) is 6.04. The Hall–Kier alpha value is -1.63. The summed E-state index contributed by atoms with van der Waals surface area (Å²) in [6.07, 6.45) is 6.07. The zero-order valence-electron chi connectivity index (χ0n) is 14.0. The van der Waals surface area contributed by atoms with Crippen molar-refractivity contribution in [1.29, 1.82) is 0 Å². The number of urea groups is 1. The molecular weight excluding hydrogens is 310 g/mol. The first-order valence-electron chi connectivity index (χ1n) is 9.10. The first-order chi connectivity index (χ1) is 11.6. The fraction of sp³-hybridized carbons (Fsp3) is 0.824. The molecule has 4 aliphatic rings. The molecule has 7 nitrogen and oxygen atoms in total. The fourth-order valence-electron chi connectivity index (χ4n) is 4.66. The lowest BCUT2D eigenvalue weighted by Gasteiger charge is -2.30. The van der Waals surface area contributed by atoms with Gasteiger partial charge in [0.1, 0.15) is 5.54 Å². The Labute approximate surface area is 141 Å². The number of nitrogens with zero attached hydrogens (tertiary/aromatic N) is 2. The highest BCUT2D eigenvalue weighted by Crippen LogP contribution is 2.32. The van der Waals surface area contributed by atoms with Crippen molar-refractivity contribution in [1.82, 2.24) is 15.1 Å². The van der Waals surface area contributed by atoms with Gasteiger partial charge in [-0.25, -0.2) is 4.79 Å². The summed E-state index contributed by atoms with van der Waals surface area (Å²) in [4.78, 5) is 40.7. The molecule has 0 bridgehead atoms. The number of amides is 4. The molecule has 7 heteroatoms. The predicted molar refractivity (Wildman–Crippen MR) is 85.1 cm³/mol. The van der Waals surface area contributed by atoms with Crippen LogP contribution in [-0.2, 0) is 14.3 Å². The number of imide groups is 1. The Morgan fingerprint density at radius 3 is 2.54 bits per heavy atom. The number of ether oxygens (including phenoxy) is 1. The molecule has 3 heterocycles. The van der Waals surface area contributed by atoms with Crippen molar-refractivity contribution >= 4 is 17.8 Å². The Balaban J connectivity index is 1.41. The summed E-state index contributed by atoms with van der Waals surface area (Å²) in [5.74, 6) is 0.102. The van der Waals surface area contributed by atoms with E-state index in [2.05, 4.69) is 5.32 Å². The maximum atomic E-state index is 12.8. The number of rotatable bonds is 3. The van der Waals surface area contributed by atoms with Crippen LogP contribution in [0.15, 0.2) is 0 Å². The van der Waals surface area contributed by atoms with Crippen LogP contribution in [0.1, 0.15) is 44.9 Å². The first kappa shape index (κ1) is 15.9. The predicted octanol–water partition coefficient (Wildman–Crippen LogP) is 0.878. The lowest BCUT2D eigenvalue weighted by Crippen LogP contribution is -2.51. The van der Waals surface area contributed by atoms with Crippen LogP contribution >= 0.6 is 0 Å². The number of hydrogen-bond donors (Lipinski definition) is 1. The van der Waals surface area contributed by atoms with Crippen molar-refractivity contribution in [2.24, 2.45) is 5.92 Å². The van der Waals surface area contributed by atoms with Gasteiger partial charge in [0, 0.05) is 57.5 Å². The molecule has 24 heavy (non-hydrogen) atoms. The highest BCUT2D eigenvalue weighted by Gasteiger charge is 2.52. The van der Waals surface area contributed by atoms with Gasteiger partial charge in [0.25, 0.3) is 5.91 Å². The molecule has 1 aliphatic carbocycles. The molecule has 1 unspecified atom stereocenters. The standard InChI is InChI=1S/C17H25N3O4/c21-14-9-12(10-19(14)13-3-1-2-4-13)11-20-15(22)17(18-16(20)23)5-7-24-8-6-17/h12-13H,1-11H2,(H,18,23). The number of likely N-dealkylation sites (tertiary alicyclic amines) is 1. The van der Waals surface area contributed by atoms with Crippen molar-refractivity contribution in [3.63, 3.8) is 0 Å². The van der Waals surface area contributed by atoms with Gasteiger partial charge in [-0.1, -0.05) is 12.8 Å². The van der Waals surface area contributed by atoms with E-state index >= 15 is 0 Å². The molecule has 0 radical (unpaired) electrons. The number of carbonyl (C=O) groups excluding carboxylic acids is 3. The monoisotopic (exact) mass is 335 g/mol.